The second-order valence-electron chi connectivity index (χ2n) is 5.78. The van der Waals surface area contributed by atoms with Crippen molar-refractivity contribution in [2.24, 2.45) is 32.4 Å². The van der Waals surface area contributed by atoms with Crippen LogP contribution in [0.2, 0.25) is 0 Å². The molecule has 5 nitrogen and oxygen atoms in total. The molecule has 0 N–H and O–H groups in total. The zero-order chi connectivity index (χ0) is 12.6. The Labute approximate surface area is 118 Å². The Morgan fingerprint density at radius 1 is 0.947 bits per heavy atom. The van der Waals surface area contributed by atoms with Gasteiger partial charge in [-0.3, -0.25) is 0 Å². The molecule has 2 aliphatic carbocycles. The van der Waals surface area contributed by atoms with E-state index in [0.29, 0.717) is 36.0 Å². The SMILES string of the molecule is Brc1ccc(N2N=N[C@H]3[C@H]4C[C@H]([C@@H]5N=N[C@H]45)[C@H]32)cc1. The maximum Gasteiger partial charge on any atom is 0.101 e. The lowest BCUT2D eigenvalue weighted by atomic mass is 9.82. The summed E-state index contributed by atoms with van der Waals surface area (Å²) in [6, 6.07) is 9.90. The molecule has 0 aromatic heterocycles. The van der Waals surface area contributed by atoms with Gasteiger partial charge in [-0.25, -0.2) is 5.01 Å². The van der Waals surface area contributed by atoms with Crippen LogP contribution in [0.25, 0.3) is 0 Å². The molecule has 2 heterocycles. The molecule has 0 saturated heterocycles. The minimum absolute atomic E-state index is 0.328. The molecule has 4 aliphatic rings. The van der Waals surface area contributed by atoms with Crippen molar-refractivity contribution in [2.45, 2.75) is 30.6 Å². The zero-order valence-electron chi connectivity index (χ0n) is 10.1. The van der Waals surface area contributed by atoms with Gasteiger partial charge in [0.2, 0.25) is 0 Å². The van der Waals surface area contributed by atoms with E-state index >= 15 is 0 Å². The highest BCUT2D eigenvalue weighted by atomic mass is 79.9. The van der Waals surface area contributed by atoms with Crippen molar-refractivity contribution in [2.75, 3.05) is 5.01 Å². The number of fused-ring (bicyclic) bond motifs is 8. The number of azo groups is 1. The van der Waals surface area contributed by atoms with Crippen molar-refractivity contribution < 1.29 is 0 Å². The number of hydrogen-bond donors (Lipinski definition) is 0. The van der Waals surface area contributed by atoms with Gasteiger partial charge in [-0.05, 0) is 30.7 Å². The summed E-state index contributed by atoms with van der Waals surface area (Å²) in [5.41, 5.74) is 1.12. The smallest absolute Gasteiger partial charge is 0.101 e. The summed E-state index contributed by atoms with van der Waals surface area (Å²) in [5, 5.41) is 19.6. The minimum Gasteiger partial charge on any atom is -0.242 e. The van der Waals surface area contributed by atoms with E-state index in [1.807, 2.05) is 0 Å². The third kappa shape index (κ3) is 1.21. The highest BCUT2D eigenvalue weighted by molar-refractivity contribution is 9.10. The van der Waals surface area contributed by atoms with E-state index < -0.39 is 0 Å². The molecule has 96 valence electrons. The van der Waals surface area contributed by atoms with Gasteiger partial charge in [0.15, 0.2) is 0 Å². The first-order chi connectivity index (χ1) is 9.33. The fourth-order valence-corrected chi connectivity index (χ4v) is 4.42. The van der Waals surface area contributed by atoms with Crippen molar-refractivity contribution in [3.05, 3.63) is 28.7 Å². The van der Waals surface area contributed by atoms with Gasteiger partial charge in [-0.1, -0.05) is 21.2 Å². The van der Waals surface area contributed by atoms with Crippen LogP contribution in [0.15, 0.2) is 49.3 Å². The van der Waals surface area contributed by atoms with Crippen molar-refractivity contribution >= 4 is 21.6 Å². The predicted octanol–water partition coefficient (Wildman–Crippen LogP) is 3.23. The van der Waals surface area contributed by atoms with Gasteiger partial charge in [0.05, 0.1) is 11.7 Å². The van der Waals surface area contributed by atoms with Crippen molar-refractivity contribution in [3.8, 4) is 0 Å². The molecule has 1 aromatic carbocycles. The molecule has 2 saturated carbocycles. The van der Waals surface area contributed by atoms with Crippen molar-refractivity contribution in [1.29, 1.82) is 0 Å². The number of anilines is 1. The van der Waals surface area contributed by atoms with Gasteiger partial charge in [-0.15, -0.1) is 0 Å². The summed E-state index contributed by atoms with van der Waals surface area (Å²) in [6.45, 7) is 0. The lowest BCUT2D eigenvalue weighted by molar-refractivity contribution is 0.242. The summed E-state index contributed by atoms with van der Waals surface area (Å²) in [5.74, 6) is 1.15. The van der Waals surface area contributed by atoms with Crippen LogP contribution in [0, 0.1) is 11.8 Å². The largest absolute Gasteiger partial charge is 0.242 e. The fourth-order valence-electron chi connectivity index (χ4n) is 4.15. The second kappa shape index (κ2) is 3.42. The topological polar surface area (TPSA) is 52.7 Å². The summed E-state index contributed by atoms with van der Waals surface area (Å²) in [7, 11) is 0. The van der Waals surface area contributed by atoms with Crippen molar-refractivity contribution in [1.82, 2.24) is 0 Å². The van der Waals surface area contributed by atoms with Gasteiger partial charge < -0.3 is 0 Å². The molecule has 0 radical (unpaired) electrons. The lowest BCUT2D eigenvalue weighted by Gasteiger charge is -2.38. The van der Waals surface area contributed by atoms with E-state index in [0.717, 1.165) is 10.2 Å². The number of rotatable bonds is 1. The first-order valence-corrected chi connectivity index (χ1v) is 7.48. The highest BCUT2D eigenvalue weighted by Crippen LogP contribution is 2.56. The molecular weight excluding hydrogens is 306 g/mol. The quantitative estimate of drug-likeness (QED) is 0.784. The third-order valence-corrected chi connectivity index (χ3v) is 5.52. The van der Waals surface area contributed by atoms with Crippen LogP contribution in [0.4, 0.5) is 5.69 Å². The predicted molar refractivity (Wildman–Crippen MR) is 73.1 cm³/mol. The van der Waals surface area contributed by atoms with Crippen molar-refractivity contribution in [3.63, 3.8) is 0 Å². The average molecular weight is 318 g/mol. The molecule has 6 heteroatoms. The summed E-state index contributed by atoms with van der Waals surface area (Å²) < 4.78 is 1.09. The first-order valence-electron chi connectivity index (χ1n) is 6.68. The van der Waals surface area contributed by atoms with Gasteiger partial charge in [0, 0.05) is 16.3 Å². The van der Waals surface area contributed by atoms with E-state index in [-0.39, 0.29) is 0 Å². The molecule has 2 fully saturated rings. The van der Waals surface area contributed by atoms with Gasteiger partial charge in [0.1, 0.15) is 18.1 Å². The number of nitrogens with zero attached hydrogens (tertiary/aromatic N) is 5. The number of benzene rings is 1. The molecular formula is C13H12BrN5. The normalized spacial score (nSPS) is 44.4. The van der Waals surface area contributed by atoms with Crippen LogP contribution in [-0.2, 0) is 0 Å². The van der Waals surface area contributed by atoms with Gasteiger partial charge in [0.25, 0.3) is 0 Å². The van der Waals surface area contributed by atoms with Crippen LogP contribution < -0.4 is 5.01 Å². The van der Waals surface area contributed by atoms with E-state index in [2.05, 4.69) is 65.8 Å². The van der Waals surface area contributed by atoms with Crippen LogP contribution in [0.3, 0.4) is 0 Å². The van der Waals surface area contributed by atoms with Crippen LogP contribution in [-0.4, -0.2) is 24.2 Å². The van der Waals surface area contributed by atoms with E-state index in [4.69, 9.17) is 0 Å². The third-order valence-electron chi connectivity index (χ3n) is 4.99. The fraction of sp³-hybridized carbons (Fsp3) is 0.538. The molecule has 0 spiro atoms. The Hall–Kier alpha value is -1.30. The maximum atomic E-state index is 4.52. The molecule has 19 heavy (non-hydrogen) atoms. The molecule has 5 rings (SSSR count). The number of halogens is 1. The van der Waals surface area contributed by atoms with Gasteiger partial charge >= 0.3 is 0 Å². The van der Waals surface area contributed by atoms with Crippen LogP contribution >= 0.6 is 15.9 Å². The summed E-state index contributed by atoms with van der Waals surface area (Å²) >= 11 is 3.47. The molecule has 2 aliphatic heterocycles. The average Bonchev–Trinajstić information content (AvgIpc) is 2.98. The maximum absolute atomic E-state index is 4.52. The van der Waals surface area contributed by atoms with Crippen LogP contribution in [0.1, 0.15) is 6.42 Å². The Morgan fingerprint density at radius 3 is 2.42 bits per heavy atom. The highest BCUT2D eigenvalue weighted by Gasteiger charge is 2.65. The Kier molecular flexibility index (Phi) is 1.89. The van der Waals surface area contributed by atoms with E-state index in [1.54, 1.807) is 0 Å². The Morgan fingerprint density at radius 2 is 1.68 bits per heavy atom. The molecule has 1 aromatic rings. The molecule has 0 unspecified atom stereocenters. The monoisotopic (exact) mass is 317 g/mol. The number of hydrogen-bond acceptors (Lipinski definition) is 5. The zero-order valence-corrected chi connectivity index (χ0v) is 11.7. The second-order valence-corrected chi connectivity index (χ2v) is 6.70. The molecule has 6 atom stereocenters. The summed E-state index contributed by atoms with van der Waals surface area (Å²) in [6.07, 6.45) is 1.21. The molecule has 0 amide bonds. The van der Waals surface area contributed by atoms with Gasteiger partial charge in [-0.2, -0.15) is 15.3 Å². The Balaban J connectivity index is 1.52. The minimum atomic E-state index is 0.328. The van der Waals surface area contributed by atoms with E-state index in [1.165, 1.54) is 6.42 Å². The lowest BCUT2D eigenvalue weighted by Crippen LogP contribution is -2.52. The first kappa shape index (κ1) is 10.5. The summed E-state index contributed by atoms with van der Waals surface area (Å²) in [4.78, 5) is 0. The van der Waals surface area contributed by atoms with Crippen LogP contribution in [0.5, 0.6) is 0 Å². The Bertz CT molecular complexity index is 598. The standard InChI is InChI=1S/C13H12BrN5/c14-6-1-3-7(4-2-6)19-13-9-5-8(12(13)17-18-19)10-11(9)16-15-10/h1-4,8-13H,5H2/t8-,9+,10+,11-,12-,13+/m0/s1. The molecule has 2 bridgehead atoms. The van der Waals surface area contributed by atoms with E-state index in [9.17, 15) is 0 Å².